The van der Waals surface area contributed by atoms with Crippen LogP contribution in [0.5, 0.6) is 0 Å². The van der Waals surface area contributed by atoms with Crippen LogP contribution in [0.1, 0.15) is 55.0 Å². The van der Waals surface area contributed by atoms with Crippen molar-refractivity contribution in [1.29, 1.82) is 0 Å². The molecule has 2 atom stereocenters. The van der Waals surface area contributed by atoms with Gasteiger partial charge in [-0.25, -0.2) is 4.79 Å². The number of hydrogen-bond acceptors (Lipinski definition) is 7. The molecule has 0 bridgehead atoms. The number of aromatic nitrogens is 1. The molecule has 0 aliphatic carbocycles. The van der Waals surface area contributed by atoms with E-state index < -0.39 is 34.1 Å². The van der Waals surface area contributed by atoms with E-state index in [1.54, 1.807) is 52.0 Å². The Balaban J connectivity index is 2.58. The largest absolute Gasteiger partial charge is 0.598 e. The number of methoxy groups -OCH3 is 1. The summed E-state index contributed by atoms with van der Waals surface area (Å²) in [5, 5.41) is 13.3. The molecule has 8 nitrogen and oxygen atoms in total. The van der Waals surface area contributed by atoms with E-state index in [1.165, 1.54) is 7.11 Å². The van der Waals surface area contributed by atoms with E-state index in [2.05, 4.69) is 9.88 Å². The standard InChI is InChI=1S/C19H24N2O6S/c1-11-16(12-8-6-7-9-13(12)18(24)26-5)17(27-20-11)14(10-15(22)23)21-28(25)19(2,3)4/h6-9,14,21H,10H2,1-5H3,(H,22,23)/t14-,28?/m0/s1. The second-order valence-corrected chi connectivity index (χ2v) is 9.19. The minimum atomic E-state index is -1.55. The number of carbonyl (C=O) groups is 2. The number of carbonyl (C=O) groups excluding carboxylic acids is 1. The van der Waals surface area contributed by atoms with E-state index in [-0.39, 0.29) is 12.2 Å². The van der Waals surface area contributed by atoms with Gasteiger partial charge in [0.05, 0.1) is 30.4 Å². The van der Waals surface area contributed by atoms with E-state index in [1.807, 2.05) is 0 Å². The van der Waals surface area contributed by atoms with Crippen LogP contribution in [0.15, 0.2) is 28.8 Å². The number of benzene rings is 1. The molecule has 1 heterocycles. The quantitative estimate of drug-likeness (QED) is 0.529. The van der Waals surface area contributed by atoms with Gasteiger partial charge in [0.1, 0.15) is 10.8 Å². The van der Waals surface area contributed by atoms with Gasteiger partial charge in [-0.15, -0.1) is 4.72 Å². The molecular formula is C19H24N2O6S. The van der Waals surface area contributed by atoms with Crippen molar-refractivity contribution < 1.29 is 28.5 Å². The first-order valence-electron chi connectivity index (χ1n) is 8.60. The Morgan fingerprint density at radius 2 is 2.00 bits per heavy atom. The second kappa shape index (κ2) is 8.76. The number of carboxylic acid groups (broad SMARTS) is 1. The van der Waals surface area contributed by atoms with Gasteiger partial charge >= 0.3 is 11.9 Å². The average Bonchev–Trinajstić information content (AvgIpc) is 3.00. The number of nitrogens with zero attached hydrogens (tertiary/aromatic N) is 1. The zero-order chi connectivity index (χ0) is 21.1. The summed E-state index contributed by atoms with van der Waals surface area (Å²) in [6.45, 7) is 7.00. The first kappa shape index (κ1) is 21.9. The van der Waals surface area contributed by atoms with Crippen LogP contribution >= 0.6 is 0 Å². The monoisotopic (exact) mass is 408 g/mol. The van der Waals surface area contributed by atoms with Gasteiger partial charge in [0.2, 0.25) is 0 Å². The fraction of sp³-hybridized carbons (Fsp3) is 0.421. The summed E-state index contributed by atoms with van der Waals surface area (Å²) in [7, 11) is 1.28. The molecule has 2 aromatic rings. The molecule has 1 unspecified atom stereocenters. The van der Waals surface area contributed by atoms with Crippen LogP contribution in [-0.2, 0) is 20.9 Å². The Hall–Kier alpha value is -2.36. The average molecular weight is 408 g/mol. The van der Waals surface area contributed by atoms with E-state index in [4.69, 9.17) is 9.26 Å². The number of hydrogen-bond donors (Lipinski definition) is 2. The maximum absolute atomic E-state index is 12.6. The lowest BCUT2D eigenvalue weighted by atomic mass is 9.95. The highest BCUT2D eigenvalue weighted by Crippen LogP contribution is 2.36. The van der Waals surface area contributed by atoms with Crippen LogP contribution in [-0.4, -0.2) is 38.6 Å². The Kier molecular flexibility index (Phi) is 6.87. The number of nitrogens with one attached hydrogen (secondary N) is 1. The highest BCUT2D eigenvalue weighted by molar-refractivity contribution is 7.90. The van der Waals surface area contributed by atoms with Gasteiger partial charge in [-0.05, 0) is 33.8 Å². The van der Waals surface area contributed by atoms with Crippen molar-refractivity contribution in [1.82, 2.24) is 9.88 Å². The maximum Gasteiger partial charge on any atom is 0.338 e. The molecule has 1 aromatic carbocycles. The number of esters is 1. The summed E-state index contributed by atoms with van der Waals surface area (Å²) in [4.78, 5) is 23.6. The van der Waals surface area contributed by atoms with Crippen molar-refractivity contribution in [3.8, 4) is 11.1 Å². The summed E-state index contributed by atoms with van der Waals surface area (Å²) in [6.07, 6.45) is -0.371. The predicted octanol–water partition coefficient (Wildman–Crippen LogP) is 3.00. The third-order valence-corrected chi connectivity index (χ3v) is 5.60. The van der Waals surface area contributed by atoms with Crippen molar-refractivity contribution in [3.05, 3.63) is 41.3 Å². The number of carboxylic acids is 1. The summed E-state index contributed by atoms with van der Waals surface area (Å²) < 4.78 is 25.1. The zero-order valence-electron chi connectivity index (χ0n) is 16.4. The number of aliphatic carboxylic acids is 1. The van der Waals surface area contributed by atoms with Gasteiger partial charge in [0, 0.05) is 16.9 Å². The van der Waals surface area contributed by atoms with Crippen LogP contribution in [0.3, 0.4) is 0 Å². The zero-order valence-corrected chi connectivity index (χ0v) is 17.3. The van der Waals surface area contributed by atoms with E-state index in [0.717, 1.165) is 0 Å². The van der Waals surface area contributed by atoms with Crippen LogP contribution in [0.25, 0.3) is 11.1 Å². The van der Waals surface area contributed by atoms with Crippen molar-refractivity contribution in [2.45, 2.75) is 44.9 Å². The summed E-state index contributed by atoms with van der Waals surface area (Å²) in [6, 6.07) is 5.84. The topological polar surface area (TPSA) is 125 Å². The first-order chi connectivity index (χ1) is 13.1. The molecule has 0 aliphatic heterocycles. The molecule has 0 saturated heterocycles. The lowest BCUT2D eigenvalue weighted by Gasteiger charge is -2.26. The molecule has 9 heteroatoms. The van der Waals surface area contributed by atoms with Crippen LogP contribution < -0.4 is 4.72 Å². The molecule has 28 heavy (non-hydrogen) atoms. The number of ether oxygens (including phenoxy) is 1. The fourth-order valence-corrected chi connectivity index (χ4v) is 3.41. The van der Waals surface area contributed by atoms with Gasteiger partial charge in [-0.1, -0.05) is 23.4 Å². The van der Waals surface area contributed by atoms with Crippen molar-refractivity contribution >= 4 is 23.3 Å². The molecular weight excluding hydrogens is 384 g/mol. The second-order valence-electron chi connectivity index (χ2n) is 7.19. The van der Waals surface area contributed by atoms with Gasteiger partial charge in [0.25, 0.3) is 0 Å². The first-order valence-corrected chi connectivity index (χ1v) is 9.75. The van der Waals surface area contributed by atoms with E-state index >= 15 is 0 Å². The maximum atomic E-state index is 12.6. The van der Waals surface area contributed by atoms with Gasteiger partial charge in [-0.3, -0.25) is 4.79 Å². The molecule has 152 valence electrons. The summed E-state index contributed by atoms with van der Waals surface area (Å²) in [5.74, 6) is -1.43. The smallest absolute Gasteiger partial charge is 0.338 e. The molecule has 2 rings (SSSR count). The summed E-state index contributed by atoms with van der Waals surface area (Å²) in [5.41, 5.74) is 1.75. The Bertz CT molecular complexity index is 858. The molecule has 0 spiro atoms. The highest BCUT2D eigenvalue weighted by Gasteiger charge is 2.35. The molecule has 0 radical (unpaired) electrons. The van der Waals surface area contributed by atoms with Gasteiger partial charge in [0.15, 0.2) is 5.76 Å². The van der Waals surface area contributed by atoms with Gasteiger partial charge in [-0.2, -0.15) is 0 Å². The van der Waals surface area contributed by atoms with Crippen molar-refractivity contribution in [2.75, 3.05) is 7.11 Å². The molecule has 1 aromatic heterocycles. The number of aryl methyl sites for hydroxylation is 1. The molecule has 2 N–H and O–H groups in total. The SMILES string of the molecule is COC(=O)c1ccccc1-c1c(C)noc1[C@H](CC(=O)O)N[S+]([O-])C(C)(C)C. The Morgan fingerprint density at radius 1 is 1.36 bits per heavy atom. The van der Waals surface area contributed by atoms with Crippen LogP contribution in [0.2, 0.25) is 0 Å². The van der Waals surface area contributed by atoms with Crippen molar-refractivity contribution in [3.63, 3.8) is 0 Å². The lowest BCUT2D eigenvalue weighted by molar-refractivity contribution is -0.137. The van der Waals surface area contributed by atoms with E-state index in [9.17, 15) is 19.2 Å². The molecule has 0 fully saturated rings. The summed E-state index contributed by atoms with van der Waals surface area (Å²) >= 11 is -1.55. The van der Waals surface area contributed by atoms with Crippen LogP contribution in [0, 0.1) is 6.92 Å². The fourth-order valence-electron chi connectivity index (χ4n) is 2.61. The minimum Gasteiger partial charge on any atom is -0.598 e. The Labute approximate surface area is 166 Å². The lowest BCUT2D eigenvalue weighted by Crippen LogP contribution is -2.41. The number of rotatable bonds is 7. The van der Waals surface area contributed by atoms with Crippen LogP contribution in [0.4, 0.5) is 0 Å². The highest BCUT2D eigenvalue weighted by atomic mass is 32.2. The van der Waals surface area contributed by atoms with E-state index in [0.29, 0.717) is 22.4 Å². The third kappa shape index (κ3) is 4.92. The molecule has 0 saturated carbocycles. The third-order valence-electron chi connectivity index (χ3n) is 3.99. The minimum absolute atomic E-state index is 0.203. The molecule has 0 amide bonds. The van der Waals surface area contributed by atoms with Crippen molar-refractivity contribution in [2.24, 2.45) is 0 Å². The molecule has 0 aliphatic rings. The normalized spacial score (nSPS) is 13.8. The predicted molar refractivity (Wildman–Crippen MR) is 104 cm³/mol. The Morgan fingerprint density at radius 3 is 2.57 bits per heavy atom. The van der Waals surface area contributed by atoms with Gasteiger partial charge < -0.3 is 18.9 Å².